The smallest absolute Gasteiger partial charge is 0.101 e. The van der Waals surface area contributed by atoms with E-state index >= 15 is 0 Å². The number of rotatable bonds is 1. The van der Waals surface area contributed by atoms with Crippen molar-refractivity contribution in [2.75, 3.05) is 0 Å². The zero-order valence-corrected chi connectivity index (χ0v) is 15.2. The Balaban J connectivity index is 0.000000143. The third-order valence-corrected chi connectivity index (χ3v) is 4.47. The Kier molecular flexibility index (Phi) is 5.04. The van der Waals surface area contributed by atoms with E-state index in [1.807, 2.05) is 54.9 Å². The number of benzene rings is 3. The molecule has 0 aliphatic heterocycles. The highest BCUT2D eigenvalue weighted by Gasteiger charge is 2.02. The molecule has 0 aliphatic rings. The Morgan fingerprint density at radius 1 is 0.679 bits per heavy atom. The second-order valence-electron chi connectivity index (χ2n) is 6.30. The molecule has 0 fully saturated rings. The summed E-state index contributed by atoms with van der Waals surface area (Å²) in [6, 6.07) is 30.3. The number of nitriles is 1. The average Bonchev–Trinajstić information content (AvgIpc) is 2.79. The van der Waals surface area contributed by atoms with E-state index in [1.165, 1.54) is 21.9 Å². The van der Waals surface area contributed by atoms with Crippen molar-refractivity contribution in [1.82, 2.24) is 9.97 Å². The molecule has 0 saturated carbocycles. The summed E-state index contributed by atoms with van der Waals surface area (Å²) in [6.45, 7) is 0. The van der Waals surface area contributed by atoms with Gasteiger partial charge < -0.3 is 0 Å². The molecule has 3 nitrogen and oxygen atoms in total. The van der Waals surface area contributed by atoms with Crippen LogP contribution in [0, 0.1) is 11.3 Å². The number of pyridine rings is 2. The number of fused-ring (bicyclic) bond motifs is 2. The van der Waals surface area contributed by atoms with Crippen molar-refractivity contribution in [2.24, 2.45) is 0 Å². The van der Waals surface area contributed by atoms with Crippen molar-refractivity contribution < 1.29 is 0 Å². The minimum atomic E-state index is 0.605. The Bertz CT molecular complexity index is 1270. The van der Waals surface area contributed by atoms with Gasteiger partial charge in [-0.1, -0.05) is 72.8 Å². The van der Waals surface area contributed by atoms with Crippen LogP contribution in [-0.4, -0.2) is 9.97 Å². The first kappa shape index (κ1) is 17.4. The maximum absolute atomic E-state index is 8.61. The van der Waals surface area contributed by atoms with Crippen molar-refractivity contribution in [3.63, 3.8) is 0 Å². The monoisotopic (exact) mass is 359 g/mol. The largest absolute Gasteiger partial charge is 0.263 e. The van der Waals surface area contributed by atoms with Gasteiger partial charge in [0.1, 0.15) is 6.07 Å². The van der Waals surface area contributed by atoms with Crippen LogP contribution < -0.4 is 0 Å². The molecule has 3 heteroatoms. The van der Waals surface area contributed by atoms with Crippen LogP contribution in [0.1, 0.15) is 5.56 Å². The second-order valence-corrected chi connectivity index (χ2v) is 6.30. The van der Waals surface area contributed by atoms with Gasteiger partial charge in [-0.2, -0.15) is 5.26 Å². The van der Waals surface area contributed by atoms with E-state index in [0.29, 0.717) is 5.56 Å². The van der Waals surface area contributed by atoms with Crippen molar-refractivity contribution in [3.8, 4) is 17.2 Å². The Morgan fingerprint density at radius 3 is 2.21 bits per heavy atom. The molecule has 5 rings (SSSR count). The fraction of sp³-hybridized carbons (Fsp3) is 0. The van der Waals surface area contributed by atoms with Gasteiger partial charge in [0, 0.05) is 34.9 Å². The molecule has 0 aliphatic carbocycles. The molecule has 0 unspecified atom stereocenters. The van der Waals surface area contributed by atoms with Crippen LogP contribution in [0.3, 0.4) is 0 Å². The van der Waals surface area contributed by atoms with Crippen LogP contribution in [0.2, 0.25) is 0 Å². The summed E-state index contributed by atoms with van der Waals surface area (Å²) in [5.41, 5.74) is 3.94. The summed E-state index contributed by atoms with van der Waals surface area (Å²) in [5.74, 6) is 0. The maximum atomic E-state index is 8.61. The van der Waals surface area contributed by atoms with Gasteiger partial charge in [0.2, 0.25) is 0 Å². The number of para-hydroxylation sites is 1. The Morgan fingerprint density at radius 2 is 1.39 bits per heavy atom. The van der Waals surface area contributed by atoms with Gasteiger partial charge >= 0.3 is 0 Å². The van der Waals surface area contributed by atoms with Crippen molar-refractivity contribution in [3.05, 3.63) is 109 Å². The summed E-state index contributed by atoms with van der Waals surface area (Å²) >= 11 is 0. The predicted molar refractivity (Wildman–Crippen MR) is 114 cm³/mol. The first-order chi connectivity index (χ1) is 13.8. The molecule has 5 aromatic rings. The van der Waals surface area contributed by atoms with Crippen molar-refractivity contribution in [1.29, 1.82) is 5.26 Å². The Hall–Kier alpha value is -4.03. The minimum Gasteiger partial charge on any atom is -0.263 e. The number of aromatic nitrogens is 2. The standard InChI is InChI=1S/C15H11N.C10H6N2/c1-2-6-12(7-3-1)15-11-16-10-13-8-4-5-9-14(13)15;11-6-8-5-9-3-1-2-4-10(9)12-7-8/h1-11H;1-5,7H. The zero-order valence-electron chi connectivity index (χ0n) is 15.2. The molecular weight excluding hydrogens is 342 g/mol. The molecule has 28 heavy (non-hydrogen) atoms. The van der Waals surface area contributed by atoms with Gasteiger partial charge in [-0.15, -0.1) is 0 Å². The summed E-state index contributed by atoms with van der Waals surface area (Å²) < 4.78 is 0. The topological polar surface area (TPSA) is 49.6 Å². The van der Waals surface area contributed by atoms with Crippen LogP contribution in [0.15, 0.2) is 104 Å². The van der Waals surface area contributed by atoms with Crippen LogP contribution in [-0.2, 0) is 0 Å². The van der Waals surface area contributed by atoms with Crippen LogP contribution in [0.25, 0.3) is 32.8 Å². The van der Waals surface area contributed by atoms with Crippen LogP contribution >= 0.6 is 0 Å². The van der Waals surface area contributed by atoms with E-state index in [4.69, 9.17) is 5.26 Å². The van der Waals surface area contributed by atoms with Crippen molar-refractivity contribution in [2.45, 2.75) is 0 Å². The zero-order chi connectivity index (χ0) is 19.2. The third kappa shape index (κ3) is 3.72. The molecule has 132 valence electrons. The quantitative estimate of drug-likeness (QED) is 0.368. The fourth-order valence-corrected chi connectivity index (χ4v) is 3.10. The van der Waals surface area contributed by atoms with E-state index < -0.39 is 0 Å². The lowest BCUT2D eigenvalue weighted by Gasteiger charge is -2.05. The lowest BCUT2D eigenvalue weighted by atomic mass is 10.0. The van der Waals surface area contributed by atoms with E-state index in [0.717, 1.165) is 10.9 Å². The lowest BCUT2D eigenvalue weighted by Crippen LogP contribution is -1.82. The SMILES string of the molecule is N#Cc1cnc2ccccc2c1.c1ccc(-c2cncc3ccccc23)cc1. The summed E-state index contributed by atoms with van der Waals surface area (Å²) in [7, 11) is 0. The lowest BCUT2D eigenvalue weighted by molar-refractivity contribution is 1.36. The maximum Gasteiger partial charge on any atom is 0.101 e. The molecule has 0 amide bonds. The number of hydrogen-bond acceptors (Lipinski definition) is 3. The molecule has 2 heterocycles. The van der Waals surface area contributed by atoms with Gasteiger partial charge in [0.05, 0.1) is 11.1 Å². The van der Waals surface area contributed by atoms with Gasteiger partial charge in [0.25, 0.3) is 0 Å². The summed E-state index contributed by atoms with van der Waals surface area (Å²) in [4.78, 5) is 8.42. The molecule has 2 aromatic heterocycles. The van der Waals surface area contributed by atoms with E-state index in [9.17, 15) is 0 Å². The molecule has 0 N–H and O–H groups in total. The molecule has 3 aromatic carbocycles. The first-order valence-corrected chi connectivity index (χ1v) is 8.98. The predicted octanol–water partition coefficient (Wildman–Crippen LogP) is 6.01. The molecule has 0 bridgehead atoms. The molecule has 0 radical (unpaired) electrons. The minimum absolute atomic E-state index is 0.605. The third-order valence-electron chi connectivity index (χ3n) is 4.47. The number of nitrogens with zero attached hydrogens (tertiary/aromatic N) is 3. The molecule has 0 spiro atoms. The fourth-order valence-electron chi connectivity index (χ4n) is 3.10. The summed E-state index contributed by atoms with van der Waals surface area (Å²) in [5, 5.41) is 12.1. The highest BCUT2D eigenvalue weighted by Crippen LogP contribution is 2.26. The van der Waals surface area contributed by atoms with Crippen LogP contribution in [0.4, 0.5) is 0 Å². The number of hydrogen-bond donors (Lipinski definition) is 0. The Labute approximate surface area is 163 Å². The molecular formula is C25H17N3. The molecule has 0 saturated heterocycles. The normalized spacial score (nSPS) is 10.1. The van der Waals surface area contributed by atoms with Crippen LogP contribution in [0.5, 0.6) is 0 Å². The molecule has 0 atom stereocenters. The average molecular weight is 359 g/mol. The summed E-state index contributed by atoms with van der Waals surface area (Å²) in [6.07, 6.45) is 5.42. The van der Waals surface area contributed by atoms with Gasteiger partial charge in [-0.3, -0.25) is 9.97 Å². The highest BCUT2D eigenvalue weighted by molar-refractivity contribution is 5.95. The van der Waals surface area contributed by atoms with E-state index in [2.05, 4.69) is 58.5 Å². The highest BCUT2D eigenvalue weighted by atomic mass is 14.6. The first-order valence-electron chi connectivity index (χ1n) is 8.98. The second kappa shape index (κ2) is 8.11. The van der Waals surface area contributed by atoms with Gasteiger partial charge in [-0.05, 0) is 23.1 Å². The van der Waals surface area contributed by atoms with E-state index in [-0.39, 0.29) is 0 Å². The van der Waals surface area contributed by atoms with Gasteiger partial charge in [-0.25, -0.2) is 0 Å². The van der Waals surface area contributed by atoms with Gasteiger partial charge in [0.15, 0.2) is 0 Å². The van der Waals surface area contributed by atoms with E-state index in [1.54, 1.807) is 6.20 Å². The van der Waals surface area contributed by atoms with Crippen molar-refractivity contribution >= 4 is 21.7 Å².